The number of amides is 1. The van der Waals surface area contributed by atoms with E-state index in [0.717, 1.165) is 5.56 Å². The number of hydrogen-bond donors (Lipinski definition) is 2. The van der Waals surface area contributed by atoms with Gasteiger partial charge >= 0.3 is 0 Å². The summed E-state index contributed by atoms with van der Waals surface area (Å²) in [5.74, 6) is 0.553. The van der Waals surface area contributed by atoms with Gasteiger partial charge in [-0.3, -0.25) is 10.1 Å². The number of rotatable bonds is 3. The summed E-state index contributed by atoms with van der Waals surface area (Å²) in [6.07, 6.45) is -0.191. The van der Waals surface area contributed by atoms with Crippen molar-refractivity contribution in [1.29, 1.82) is 0 Å². The Bertz CT molecular complexity index is 402. The average molecular weight is 222 g/mol. The zero-order chi connectivity index (χ0) is 11.5. The summed E-state index contributed by atoms with van der Waals surface area (Å²) in [4.78, 5) is 11.2. The second-order valence-electron chi connectivity index (χ2n) is 3.50. The van der Waals surface area contributed by atoms with E-state index < -0.39 is 0 Å². The van der Waals surface area contributed by atoms with Crippen molar-refractivity contribution in [1.82, 2.24) is 5.32 Å². The molecule has 5 heteroatoms. The highest BCUT2D eigenvalue weighted by atomic mass is 16.5. The van der Waals surface area contributed by atoms with Gasteiger partial charge in [0, 0.05) is 7.11 Å². The van der Waals surface area contributed by atoms with Crippen LogP contribution < -0.4 is 15.4 Å². The Balaban J connectivity index is 2.30. The molecule has 0 fully saturated rings. The Labute approximate surface area is 93.7 Å². The van der Waals surface area contributed by atoms with E-state index in [-0.39, 0.29) is 18.7 Å². The molecule has 0 radical (unpaired) electrons. The lowest BCUT2D eigenvalue weighted by Crippen LogP contribution is -2.26. The lowest BCUT2D eigenvalue weighted by atomic mass is 10.1. The third-order valence-electron chi connectivity index (χ3n) is 2.44. The van der Waals surface area contributed by atoms with Crippen molar-refractivity contribution in [2.75, 3.05) is 26.1 Å². The number of hydrogen-bond acceptors (Lipinski definition) is 4. The fourth-order valence-electron chi connectivity index (χ4n) is 1.68. The maximum Gasteiger partial charge on any atom is 0.262 e. The third kappa shape index (κ3) is 2.00. The van der Waals surface area contributed by atoms with E-state index in [0.29, 0.717) is 11.4 Å². The van der Waals surface area contributed by atoms with Crippen LogP contribution in [0.2, 0.25) is 0 Å². The van der Waals surface area contributed by atoms with Crippen molar-refractivity contribution >= 4 is 11.6 Å². The van der Waals surface area contributed by atoms with Crippen LogP contribution in [0, 0.1) is 0 Å². The van der Waals surface area contributed by atoms with Gasteiger partial charge in [0.05, 0.1) is 5.69 Å². The van der Waals surface area contributed by atoms with E-state index in [4.69, 9.17) is 9.47 Å². The Hall–Kier alpha value is -1.59. The summed E-state index contributed by atoms with van der Waals surface area (Å²) in [7, 11) is 3.43. The van der Waals surface area contributed by atoms with Gasteiger partial charge in [0.1, 0.15) is 12.0 Å². The van der Waals surface area contributed by atoms with Gasteiger partial charge in [-0.1, -0.05) is 6.07 Å². The zero-order valence-electron chi connectivity index (χ0n) is 9.24. The molecule has 0 saturated heterocycles. The SMILES string of the molecule is CNC(OC)c1ccc2c(c1)NC(=O)CO2. The normalized spacial score (nSPS) is 16.0. The van der Waals surface area contributed by atoms with Gasteiger partial charge in [0.25, 0.3) is 5.91 Å². The molecule has 1 aliphatic heterocycles. The molecular formula is C11H14N2O3. The van der Waals surface area contributed by atoms with Crippen LogP contribution in [0.5, 0.6) is 5.75 Å². The molecule has 1 unspecified atom stereocenters. The summed E-state index contributed by atoms with van der Waals surface area (Å²) < 4.78 is 10.5. The first-order valence-corrected chi connectivity index (χ1v) is 5.01. The van der Waals surface area contributed by atoms with Crippen molar-refractivity contribution in [3.05, 3.63) is 23.8 Å². The molecule has 86 valence electrons. The first kappa shape index (κ1) is 10.9. The molecule has 0 spiro atoms. The number of carbonyl (C=O) groups is 1. The quantitative estimate of drug-likeness (QED) is 0.745. The second kappa shape index (κ2) is 4.51. The minimum Gasteiger partial charge on any atom is -0.482 e. The van der Waals surface area contributed by atoms with Gasteiger partial charge in [-0.05, 0) is 24.7 Å². The first-order chi connectivity index (χ1) is 7.74. The molecule has 5 nitrogen and oxygen atoms in total. The maximum absolute atomic E-state index is 11.2. The van der Waals surface area contributed by atoms with Crippen molar-refractivity contribution in [3.63, 3.8) is 0 Å². The lowest BCUT2D eigenvalue weighted by molar-refractivity contribution is -0.118. The van der Waals surface area contributed by atoms with Crippen LogP contribution in [0.1, 0.15) is 11.8 Å². The van der Waals surface area contributed by atoms with E-state index in [2.05, 4.69) is 10.6 Å². The predicted octanol–water partition coefficient (Wildman–Crippen LogP) is 0.882. The van der Waals surface area contributed by atoms with Gasteiger partial charge in [-0.2, -0.15) is 0 Å². The van der Waals surface area contributed by atoms with Crippen molar-refractivity contribution in [2.24, 2.45) is 0 Å². The van der Waals surface area contributed by atoms with E-state index in [1.807, 2.05) is 25.2 Å². The molecular weight excluding hydrogens is 208 g/mol. The maximum atomic E-state index is 11.2. The van der Waals surface area contributed by atoms with Crippen LogP contribution in [0.25, 0.3) is 0 Å². The van der Waals surface area contributed by atoms with Crippen LogP contribution in [0.3, 0.4) is 0 Å². The number of ether oxygens (including phenoxy) is 2. The van der Waals surface area contributed by atoms with E-state index >= 15 is 0 Å². The van der Waals surface area contributed by atoms with E-state index in [9.17, 15) is 4.79 Å². The molecule has 16 heavy (non-hydrogen) atoms. The molecule has 2 N–H and O–H groups in total. The summed E-state index contributed by atoms with van der Waals surface area (Å²) in [5, 5.41) is 5.77. The average Bonchev–Trinajstić information content (AvgIpc) is 2.30. The number of fused-ring (bicyclic) bond motifs is 1. The zero-order valence-corrected chi connectivity index (χ0v) is 9.24. The molecule has 0 aromatic heterocycles. The van der Waals surface area contributed by atoms with Crippen LogP contribution in [0.15, 0.2) is 18.2 Å². The highest BCUT2D eigenvalue weighted by Gasteiger charge is 2.17. The largest absolute Gasteiger partial charge is 0.482 e. The van der Waals surface area contributed by atoms with Gasteiger partial charge in [-0.15, -0.1) is 0 Å². The predicted molar refractivity (Wildman–Crippen MR) is 59.4 cm³/mol. The van der Waals surface area contributed by atoms with Crippen molar-refractivity contribution in [2.45, 2.75) is 6.23 Å². The smallest absolute Gasteiger partial charge is 0.262 e. The van der Waals surface area contributed by atoms with Crippen LogP contribution in [-0.4, -0.2) is 26.7 Å². The molecule has 1 aliphatic rings. The van der Waals surface area contributed by atoms with Gasteiger partial charge in [0.15, 0.2) is 6.61 Å². The monoisotopic (exact) mass is 222 g/mol. The summed E-state index contributed by atoms with van der Waals surface area (Å²) >= 11 is 0. The molecule has 2 rings (SSSR count). The summed E-state index contributed by atoms with van der Waals surface area (Å²) in [6, 6.07) is 5.57. The molecule has 0 bridgehead atoms. The molecule has 1 amide bonds. The summed E-state index contributed by atoms with van der Waals surface area (Å²) in [6.45, 7) is 0.0755. The van der Waals surface area contributed by atoms with Gasteiger partial charge in [-0.25, -0.2) is 0 Å². The number of anilines is 1. The minimum absolute atomic E-state index is 0.0755. The Morgan fingerprint density at radius 3 is 3.06 bits per heavy atom. The summed E-state index contributed by atoms with van der Waals surface area (Å²) in [5.41, 5.74) is 1.63. The highest BCUT2D eigenvalue weighted by Crippen LogP contribution is 2.30. The Morgan fingerprint density at radius 1 is 1.56 bits per heavy atom. The van der Waals surface area contributed by atoms with Gasteiger partial charge in [0.2, 0.25) is 0 Å². The topological polar surface area (TPSA) is 59.6 Å². The van der Waals surface area contributed by atoms with Gasteiger partial charge < -0.3 is 14.8 Å². The molecule has 1 atom stereocenters. The Morgan fingerprint density at radius 2 is 2.38 bits per heavy atom. The van der Waals surface area contributed by atoms with Crippen LogP contribution in [0.4, 0.5) is 5.69 Å². The van der Waals surface area contributed by atoms with Crippen LogP contribution in [-0.2, 0) is 9.53 Å². The van der Waals surface area contributed by atoms with Crippen molar-refractivity contribution < 1.29 is 14.3 Å². The standard InChI is InChI=1S/C11H14N2O3/c1-12-11(15-2)7-3-4-9-8(5-7)13-10(14)6-16-9/h3-5,11-12H,6H2,1-2H3,(H,13,14). The Kier molecular flexibility index (Phi) is 3.07. The fraction of sp³-hybridized carbons (Fsp3) is 0.364. The molecule has 0 aliphatic carbocycles. The van der Waals surface area contributed by atoms with E-state index in [1.54, 1.807) is 7.11 Å². The van der Waals surface area contributed by atoms with Crippen molar-refractivity contribution in [3.8, 4) is 5.75 Å². The third-order valence-corrected chi connectivity index (χ3v) is 2.44. The van der Waals surface area contributed by atoms with E-state index in [1.165, 1.54) is 0 Å². The number of nitrogens with one attached hydrogen (secondary N) is 2. The molecule has 0 saturated carbocycles. The lowest BCUT2D eigenvalue weighted by Gasteiger charge is -2.21. The molecule has 1 aromatic rings. The minimum atomic E-state index is -0.191. The highest BCUT2D eigenvalue weighted by molar-refractivity contribution is 5.95. The number of carbonyl (C=O) groups excluding carboxylic acids is 1. The first-order valence-electron chi connectivity index (χ1n) is 5.01. The number of benzene rings is 1. The molecule has 1 aromatic carbocycles. The number of methoxy groups -OCH3 is 1. The fourth-order valence-corrected chi connectivity index (χ4v) is 1.68. The van der Waals surface area contributed by atoms with Crippen LogP contribution >= 0.6 is 0 Å². The second-order valence-corrected chi connectivity index (χ2v) is 3.50. The molecule has 1 heterocycles.